The molecule has 35 heavy (non-hydrogen) atoms. The van der Waals surface area contributed by atoms with Crippen molar-refractivity contribution >= 4 is 41.0 Å². The van der Waals surface area contributed by atoms with Gasteiger partial charge in [0.2, 0.25) is 0 Å². The summed E-state index contributed by atoms with van der Waals surface area (Å²) in [5.41, 5.74) is 3.88. The van der Waals surface area contributed by atoms with Gasteiger partial charge in [0.05, 0.1) is 10.0 Å². The van der Waals surface area contributed by atoms with Gasteiger partial charge in [-0.1, -0.05) is 53.5 Å². The van der Waals surface area contributed by atoms with Crippen LogP contribution in [0.2, 0.25) is 10.0 Å². The summed E-state index contributed by atoms with van der Waals surface area (Å²) in [5.74, 6) is -0.531. The second kappa shape index (κ2) is 11.4. The van der Waals surface area contributed by atoms with Crippen LogP contribution in [-0.2, 0) is 40.1 Å². The SMILES string of the molecule is O=C(O)CC1CCC(OC(=O)N2CCc3cc(CC(=O)Cc4cccc(Cl)c4Cl)ccc3C2)CC1. The van der Waals surface area contributed by atoms with E-state index in [4.69, 9.17) is 33.0 Å². The van der Waals surface area contributed by atoms with E-state index in [0.29, 0.717) is 48.8 Å². The zero-order chi connectivity index (χ0) is 24.9. The third-order valence-corrected chi connectivity index (χ3v) is 7.74. The average molecular weight is 518 g/mol. The van der Waals surface area contributed by atoms with Gasteiger partial charge in [0, 0.05) is 32.4 Å². The zero-order valence-electron chi connectivity index (χ0n) is 19.5. The van der Waals surface area contributed by atoms with Crippen LogP contribution in [0.25, 0.3) is 0 Å². The number of hydrogen-bond acceptors (Lipinski definition) is 4. The number of amides is 1. The molecule has 1 N–H and O–H groups in total. The van der Waals surface area contributed by atoms with Crippen molar-refractivity contribution in [3.8, 4) is 0 Å². The number of rotatable bonds is 7. The predicted octanol–water partition coefficient (Wildman–Crippen LogP) is 5.88. The molecule has 2 aromatic rings. The minimum absolute atomic E-state index is 0.0632. The quantitative estimate of drug-likeness (QED) is 0.495. The lowest BCUT2D eigenvalue weighted by molar-refractivity contribution is -0.138. The summed E-state index contributed by atoms with van der Waals surface area (Å²) >= 11 is 12.3. The van der Waals surface area contributed by atoms with Gasteiger partial charge in [-0.05, 0) is 66.3 Å². The van der Waals surface area contributed by atoms with E-state index in [1.54, 1.807) is 17.0 Å². The van der Waals surface area contributed by atoms with Crippen LogP contribution in [-0.4, -0.2) is 40.5 Å². The van der Waals surface area contributed by atoms with Gasteiger partial charge in [-0.25, -0.2) is 4.79 Å². The van der Waals surface area contributed by atoms with Gasteiger partial charge in [-0.3, -0.25) is 9.59 Å². The second-order valence-corrected chi connectivity index (χ2v) is 10.3. The summed E-state index contributed by atoms with van der Waals surface area (Å²) in [6.07, 6.45) is 3.96. The lowest BCUT2D eigenvalue weighted by atomic mass is 9.85. The summed E-state index contributed by atoms with van der Waals surface area (Å²) < 4.78 is 5.72. The molecule has 1 fully saturated rings. The van der Waals surface area contributed by atoms with Crippen molar-refractivity contribution in [3.05, 3.63) is 68.7 Å². The van der Waals surface area contributed by atoms with Crippen molar-refractivity contribution < 1.29 is 24.2 Å². The number of aliphatic carboxylic acids is 1. The number of nitrogens with zero attached hydrogens (tertiary/aromatic N) is 1. The first-order valence-corrected chi connectivity index (χ1v) is 12.8. The number of hydrogen-bond donors (Lipinski definition) is 1. The minimum Gasteiger partial charge on any atom is -0.481 e. The standard InChI is InChI=1S/C27H29Cl2NO5/c28-24-3-1-2-20(26(24)29)15-22(31)13-18-4-7-21-16-30(11-10-19(21)12-18)27(34)35-23-8-5-17(6-9-23)14-25(32)33/h1-4,7,12,17,23H,5-6,8-11,13-16H2,(H,32,33). The Morgan fingerprint density at radius 3 is 2.51 bits per heavy atom. The Bertz CT molecular complexity index is 1110. The van der Waals surface area contributed by atoms with E-state index in [-0.39, 0.29) is 36.7 Å². The van der Waals surface area contributed by atoms with Crippen molar-refractivity contribution in [3.63, 3.8) is 0 Å². The molecule has 1 saturated carbocycles. The topological polar surface area (TPSA) is 83.9 Å². The van der Waals surface area contributed by atoms with Crippen LogP contribution in [0, 0.1) is 5.92 Å². The van der Waals surface area contributed by atoms with Crippen molar-refractivity contribution in [1.29, 1.82) is 0 Å². The number of carboxylic acid groups (broad SMARTS) is 1. The van der Waals surface area contributed by atoms with E-state index in [0.717, 1.165) is 35.1 Å². The monoisotopic (exact) mass is 517 g/mol. The van der Waals surface area contributed by atoms with Crippen LogP contribution in [0.15, 0.2) is 36.4 Å². The molecule has 1 heterocycles. The van der Waals surface area contributed by atoms with Crippen LogP contribution in [0.5, 0.6) is 0 Å². The zero-order valence-corrected chi connectivity index (χ0v) is 21.0. The molecule has 1 amide bonds. The number of carbonyl (C=O) groups is 3. The van der Waals surface area contributed by atoms with E-state index in [1.807, 2.05) is 18.2 Å². The lowest BCUT2D eigenvalue weighted by Gasteiger charge is -2.32. The number of ether oxygens (including phenoxy) is 1. The van der Waals surface area contributed by atoms with Crippen LogP contribution in [0.4, 0.5) is 4.79 Å². The largest absolute Gasteiger partial charge is 0.481 e. The highest BCUT2D eigenvalue weighted by Gasteiger charge is 2.28. The molecule has 0 spiro atoms. The van der Waals surface area contributed by atoms with E-state index in [2.05, 4.69) is 6.07 Å². The first-order chi connectivity index (χ1) is 16.8. The van der Waals surface area contributed by atoms with Crippen LogP contribution >= 0.6 is 23.2 Å². The molecule has 0 atom stereocenters. The first-order valence-electron chi connectivity index (χ1n) is 12.0. The normalized spacial score (nSPS) is 19.7. The fraction of sp³-hybridized carbons (Fsp3) is 0.444. The van der Waals surface area contributed by atoms with Crippen LogP contribution in [0.3, 0.4) is 0 Å². The number of Topliss-reactive ketones (excluding diaryl/α,β-unsaturated/α-hetero) is 1. The molecule has 1 aliphatic heterocycles. The molecule has 0 radical (unpaired) electrons. The summed E-state index contributed by atoms with van der Waals surface area (Å²) in [4.78, 5) is 37.9. The molecular weight excluding hydrogens is 489 g/mol. The number of carboxylic acids is 1. The Morgan fingerprint density at radius 2 is 1.77 bits per heavy atom. The Kier molecular flexibility index (Phi) is 8.34. The van der Waals surface area contributed by atoms with Crippen molar-refractivity contribution in [2.45, 2.75) is 64.0 Å². The molecule has 2 aromatic carbocycles. The highest BCUT2D eigenvalue weighted by atomic mass is 35.5. The maximum absolute atomic E-state index is 12.7. The number of fused-ring (bicyclic) bond motifs is 1. The number of carbonyl (C=O) groups excluding carboxylic acids is 2. The van der Waals surface area contributed by atoms with Gasteiger partial charge < -0.3 is 14.7 Å². The molecule has 186 valence electrons. The van der Waals surface area contributed by atoms with Gasteiger partial charge in [-0.15, -0.1) is 0 Å². The lowest BCUT2D eigenvalue weighted by Crippen LogP contribution is -2.39. The molecular formula is C27H29Cl2NO5. The fourth-order valence-corrected chi connectivity index (χ4v) is 5.36. The smallest absolute Gasteiger partial charge is 0.410 e. The maximum Gasteiger partial charge on any atom is 0.410 e. The molecule has 8 heteroatoms. The number of benzene rings is 2. The second-order valence-electron chi connectivity index (χ2n) is 9.50. The Balaban J connectivity index is 1.28. The average Bonchev–Trinajstić information content (AvgIpc) is 2.82. The molecule has 4 rings (SSSR count). The van der Waals surface area contributed by atoms with E-state index in [1.165, 1.54) is 0 Å². The first kappa shape index (κ1) is 25.5. The van der Waals surface area contributed by atoms with Gasteiger partial charge in [0.25, 0.3) is 0 Å². The number of halogens is 2. The highest BCUT2D eigenvalue weighted by Crippen LogP contribution is 2.30. The van der Waals surface area contributed by atoms with Gasteiger partial charge in [0.1, 0.15) is 11.9 Å². The minimum atomic E-state index is -0.768. The van der Waals surface area contributed by atoms with Crippen molar-refractivity contribution in [1.82, 2.24) is 4.90 Å². The third kappa shape index (κ3) is 6.77. The Morgan fingerprint density at radius 1 is 1.00 bits per heavy atom. The number of ketones is 1. The third-order valence-electron chi connectivity index (χ3n) is 6.89. The Hall–Kier alpha value is -2.57. The summed E-state index contributed by atoms with van der Waals surface area (Å²) in [7, 11) is 0. The van der Waals surface area contributed by atoms with Gasteiger partial charge >= 0.3 is 12.1 Å². The summed E-state index contributed by atoms with van der Waals surface area (Å²) in [5, 5.41) is 9.82. The van der Waals surface area contributed by atoms with E-state index in [9.17, 15) is 14.4 Å². The summed E-state index contributed by atoms with van der Waals surface area (Å²) in [6.45, 7) is 1.05. The molecule has 0 saturated heterocycles. The van der Waals surface area contributed by atoms with Crippen molar-refractivity contribution in [2.24, 2.45) is 5.92 Å². The maximum atomic E-state index is 12.7. The molecule has 2 aliphatic rings. The van der Waals surface area contributed by atoms with Crippen LogP contribution < -0.4 is 0 Å². The van der Waals surface area contributed by atoms with Gasteiger partial charge in [0.15, 0.2) is 0 Å². The van der Waals surface area contributed by atoms with Crippen molar-refractivity contribution in [2.75, 3.05) is 6.54 Å². The van der Waals surface area contributed by atoms with Crippen LogP contribution in [0.1, 0.15) is 54.4 Å². The van der Waals surface area contributed by atoms with E-state index < -0.39 is 5.97 Å². The summed E-state index contributed by atoms with van der Waals surface area (Å²) in [6, 6.07) is 11.3. The highest BCUT2D eigenvalue weighted by molar-refractivity contribution is 6.42. The Labute approximate surface area is 215 Å². The molecule has 0 unspecified atom stereocenters. The molecule has 1 aliphatic carbocycles. The molecule has 0 bridgehead atoms. The van der Waals surface area contributed by atoms with Gasteiger partial charge in [-0.2, -0.15) is 0 Å². The van der Waals surface area contributed by atoms with E-state index >= 15 is 0 Å². The fourth-order valence-electron chi connectivity index (χ4n) is 4.98. The predicted molar refractivity (Wildman–Crippen MR) is 134 cm³/mol. The molecule has 6 nitrogen and oxygen atoms in total. The molecule has 0 aromatic heterocycles.